The van der Waals surface area contributed by atoms with E-state index in [4.69, 9.17) is 16.7 Å². The second kappa shape index (κ2) is 5.34. The lowest BCUT2D eigenvalue weighted by Gasteiger charge is -2.08. The minimum atomic E-state index is 0.0500. The molecule has 2 N–H and O–H groups in total. The normalized spacial score (nSPS) is 10.4. The first-order valence-electron chi connectivity index (χ1n) is 4.95. The minimum absolute atomic E-state index is 0.0500. The van der Waals surface area contributed by atoms with Crippen molar-refractivity contribution in [2.45, 2.75) is 13.2 Å². The highest BCUT2D eigenvalue weighted by molar-refractivity contribution is 7.10. The molecule has 0 aliphatic heterocycles. The Morgan fingerprint density at radius 1 is 1.31 bits per heavy atom. The van der Waals surface area contributed by atoms with Crippen molar-refractivity contribution in [3.63, 3.8) is 0 Å². The van der Waals surface area contributed by atoms with Crippen molar-refractivity contribution in [3.05, 3.63) is 51.2 Å². The van der Waals surface area contributed by atoms with Crippen LogP contribution in [0.3, 0.4) is 0 Å². The third-order valence-corrected chi connectivity index (χ3v) is 3.55. The maximum absolute atomic E-state index is 9.16. The summed E-state index contributed by atoms with van der Waals surface area (Å²) in [5.74, 6) is 0. The molecule has 16 heavy (non-hydrogen) atoms. The van der Waals surface area contributed by atoms with E-state index in [2.05, 4.69) is 5.32 Å². The molecule has 0 saturated heterocycles. The Labute approximate surface area is 104 Å². The summed E-state index contributed by atoms with van der Waals surface area (Å²) in [5, 5.41) is 15.1. The van der Waals surface area contributed by atoms with E-state index in [9.17, 15) is 0 Å². The van der Waals surface area contributed by atoms with Crippen molar-refractivity contribution in [3.8, 4) is 0 Å². The summed E-state index contributed by atoms with van der Waals surface area (Å²) >= 11 is 7.47. The number of anilines is 1. The topological polar surface area (TPSA) is 32.3 Å². The largest absolute Gasteiger partial charge is 0.392 e. The molecule has 0 unspecified atom stereocenters. The summed E-state index contributed by atoms with van der Waals surface area (Å²) in [5.41, 5.74) is 1.87. The molecular formula is C12H12ClNOS. The highest BCUT2D eigenvalue weighted by atomic mass is 35.5. The predicted octanol–water partition coefficient (Wildman–Crippen LogP) is 3.51. The first-order chi connectivity index (χ1) is 7.79. The number of hydrogen-bond acceptors (Lipinski definition) is 3. The SMILES string of the molecule is OCc1ccccc1NCc1cc(Cl)cs1. The second-order valence-corrected chi connectivity index (χ2v) is 4.83. The number of benzene rings is 1. The maximum atomic E-state index is 9.16. The van der Waals surface area contributed by atoms with E-state index in [1.54, 1.807) is 11.3 Å². The molecule has 84 valence electrons. The lowest BCUT2D eigenvalue weighted by molar-refractivity contribution is 0.282. The number of halogens is 1. The van der Waals surface area contributed by atoms with Crippen LogP contribution in [0.5, 0.6) is 0 Å². The summed E-state index contributed by atoms with van der Waals surface area (Å²) in [4.78, 5) is 1.18. The lowest BCUT2D eigenvalue weighted by atomic mass is 10.2. The number of thiophene rings is 1. The molecule has 0 bridgehead atoms. The van der Waals surface area contributed by atoms with Gasteiger partial charge in [0.1, 0.15) is 0 Å². The number of aliphatic hydroxyl groups is 1. The van der Waals surface area contributed by atoms with Gasteiger partial charge in [-0.1, -0.05) is 29.8 Å². The Morgan fingerprint density at radius 3 is 2.81 bits per heavy atom. The summed E-state index contributed by atoms with van der Waals surface area (Å²) in [6.45, 7) is 0.781. The molecule has 4 heteroatoms. The number of hydrogen-bond donors (Lipinski definition) is 2. The Kier molecular flexibility index (Phi) is 3.83. The zero-order chi connectivity index (χ0) is 11.4. The zero-order valence-corrected chi connectivity index (χ0v) is 10.2. The predicted molar refractivity (Wildman–Crippen MR) is 69.0 cm³/mol. The van der Waals surface area contributed by atoms with Gasteiger partial charge in [0.15, 0.2) is 0 Å². The first kappa shape index (κ1) is 11.5. The van der Waals surface area contributed by atoms with Crippen molar-refractivity contribution >= 4 is 28.6 Å². The molecule has 0 spiro atoms. The van der Waals surface area contributed by atoms with Crippen molar-refractivity contribution < 1.29 is 5.11 Å². The van der Waals surface area contributed by atoms with Crippen LogP contribution in [0.1, 0.15) is 10.4 Å². The van der Waals surface area contributed by atoms with Crippen molar-refractivity contribution in [1.82, 2.24) is 0 Å². The van der Waals surface area contributed by atoms with E-state index in [1.807, 2.05) is 35.7 Å². The second-order valence-electron chi connectivity index (χ2n) is 3.40. The van der Waals surface area contributed by atoms with Crippen LogP contribution < -0.4 is 5.32 Å². The molecule has 0 radical (unpaired) electrons. The van der Waals surface area contributed by atoms with E-state index in [1.165, 1.54) is 4.88 Å². The fourth-order valence-corrected chi connectivity index (χ4v) is 2.47. The lowest BCUT2D eigenvalue weighted by Crippen LogP contribution is -2.00. The molecular weight excluding hydrogens is 242 g/mol. The molecule has 0 saturated carbocycles. The smallest absolute Gasteiger partial charge is 0.0701 e. The molecule has 2 aromatic rings. The van der Waals surface area contributed by atoms with Crippen LogP contribution in [0.4, 0.5) is 5.69 Å². The van der Waals surface area contributed by atoms with Gasteiger partial charge in [0, 0.05) is 28.1 Å². The van der Waals surface area contributed by atoms with Crippen LogP contribution in [0.2, 0.25) is 5.02 Å². The fraction of sp³-hybridized carbons (Fsp3) is 0.167. The zero-order valence-electron chi connectivity index (χ0n) is 8.61. The van der Waals surface area contributed by atoms with Crippen molar-refractivity contribution in [1.29, 1.82) is 0 Å². The van der Waals surface area contributed by atoms with Crippen LogP contribution >= 0.6 is 22.9 Å². The first-order valence-corrected chi connectivity index (χ1v) is 6.21. The van der Waals surface area contributed by atoms with Crippen LogP contribution in [-0.2, 0) is 13.2 Å². The monoisotopic (exact) mass is 253 g/mol. The van der Waals surface area contributed by atoms with Crippen LogP contribution in [0.25, 0.3) is 0 Å². The number of aliphatic hydroxyl groups excluding tert-OH is 1. The Morgan fingerprint density at radius 2 is 2.12 bits per heavy atom. The van der Waals surface area contributed by atoms with Gasteiger partial charge in [-0.15, -0.1) is 11.3 Å². The van der Waals surface area contributed by atoms with Crippen LogP contribution in [-0.4, -0.2) is 5.11 Å². The van der Waals surface area contributed by atoms with Gasteiger partial charge in [-0.2, -0.15) is 0 Å². The highest BCUT2D eigenvalue weighted by Gasteiger charge is 2.01. The maximum Gasteiger partial charge on any atom is 0.0701 e. The summed E-state index contributed by atoms with van der Waals surface area (Å²) in [6, 6.07) is 9.67. The van der Waals surface area contributed by atoms with E-state index in [-0.39, 0.29) is 6.61 Å². The Balaban J connectivity index is 2.04. The van der Waals surface area contributed by atoms with Crippen LogP contribution in [0.15, 0.2) is 35.7 Å². The van der Waals surface area contributed by atoms with E-state index < -0.39 is 0 Å². The van der Waals surface area contributed by atoms with Crippen LogP contribution in [0, 0.1) is 0 Å². The fourth-order valence-electron chi connectivity index (χ4n) is 1.46. The molecule has 0 aliphatic carbocycles. The highest BCUT2D eigenvalue weighted by Crippen LogP contribution is 2.21. The average molecular weight is 254 g/mol. The summed E-state index contributed by atoms with van der Waals surface area (Å²) in [6.07, 6.45) is 0. The van der Waals surface area contributed by atoms with Gasteiger partial charge in [-0.05, 0) is 12.1 Å². The van der Waals surface area contributed by atoms with Gasteiger partial charge in [0.25, 0.3) is 0 Å². The van der Waals surface area contributed by atoms with E-state index in [0.29, 0.717) is 0 Å². The van der Waals surface area contributed by atoms with Gasteiger partial charge >= 0.3 is 0 Å². The van der Waals surface area contributed by atoms with Gasteiger partial charge in [-0.3, -0.25) is 0 Å². The average Bonchev–Trinajstić information content (AvgIpc) is 2.73. The molecule has 0 aliphatic rings. The Hall–Kier alpha value is -1.03. The molecule has 0 fully saturated rings. The standard InChI is InChI=1S/C12H12ClNOS/c13-10-5-11(16-8-10)6-14-12-4-2-1-3-9(12)7-15/h1-5,8,14-15H,6-7H2. The minimum Gasteiger partial charge on any atom is -0.392 e. The third kappa shape index (κ3) is 2.76. The Bertz CT molecular complexity index is 470. The number of para-hydroxylation sites is 1. The molecule has 0 atom stereocenters. The van der Waals surface area contributed by atoms with Gasteiger partial charge in [-0.25, -0.2) is 0 Å². The molecule has 2 nitrogen and oxygen atoms in total. The quantitative estimate of drug-likeness (QED) is 0.874. The molecule has 1 aromatic carbocycles. The van der Waals surface area contributed by atoms with Gasteiger partial charge in [0.05, 0.1) is 11.6 Å². The summed E-state index contributed by atoms with van der Waals surface area (Å²) in [7, 11) is 0. The molecule has 0 amide bonds. The summed E-state index contributed by atoms with van der Waals surface area (Å²) < 4.78 is 0. The molecule has 1 aromatic heterocycles. The third-order valence-electron chi connectivity index (χ3n) is 2.26. The van der Waals surface area contributed by atoms with Crippen molar-refractivity contribution in [2.75, 3.05) is 5.32 Å². The molecule has 2 rings (SSSR count). The number of rotatable bonds is 4. The van der Waals surface area contributed by atoms with Crippen molar-refractivity contribution in [2.24, 2.45) is 0 Å². The molecule has 1 heterocycles. The van der Waals surface area contributed by atoms with Gasteiger partial charge < -0.3 is 10.4 Å². The van der Waals surface area contributed by atoms with E-state index >= 15 is 0 Å². The van der Waals surface area contributed by atoms with Gasteiger partial charge in [0.2, 0.25) is 0 Å². The number of nitrogens with one attached hydrogen (secondary N) is 1. The van der Waals surface area contributed by atoms with E-state index in [0.717, 1.165) is 22.8 Å².